The van der Waals surface area contributed by atoms with Crippen molar-refractivity contribution in [3.63, 3.8) is 0 Å². The largest absolute Gasteiger partial charge is 0.496 e. The second-order valence-corrected chi connectivity index (χ2v) is 5.24. The Morgan fingerprint density at radius 3 is 1.73 bits per heavy atom. The van der Waals surface area contributed by atoms with Crippen LogP contribution in [0.4, 0.5) is 0 Å². The van der Waals surface area contributed by atoms with Crippen LogP contribution in [0.3, 0.4) is 0 Å². The van der Waals surface area contributed by atoms with E-state index in [2.05, 4.69) is 0 Å². The van der Waals surface area contributed by atoms with Gasteiger partial charge in [-0.3, -0.25) is 0 Å². The number of sulfone groups is 1. The molecule has 84 valence electrons. The van der Waals surface area contributed by atoms with Gasteiger partial charge in [-0.25, -0.2) is 8.42 Å². The minimum absolute atomic E-state index is 0.196. The SMILES string of the molecule is COc1cc(S(C)(=O)=O)cc(OC)c1C. The first kappa shape index (κ1) is 11.8. The minimum Gasteiger partial charge on any atom is -0.496 e. The van der Waals surface area contributed by atoms with Gasteiger partial charge in [0, 0.05) is 11.8 Å². The van der Waals surface area contributed by atoms with Crippen LogP contribution in [0.5, 0.6) is 11.5 Å². The fourth-order valence-corrected chi connectivity index (χ4v) is 1.92. The molecule has 0 spiro atoms. The van der Waals surface area contributed by atoms with Crippen molar-refractivity contribution in [2.24, 2.45) is 0 Å². The van der Waals surface area contributed by atoms with E-state index < -0.39 is 9.84 Å². The maximum atomic E-state index is 11.4. The van der Waals surface area contributed by atoms with Crippen LogP contribution in [0, 0.1) is 6.92 Å². The Bertz CT molecular complexity index is 437. The summed E-state index contributed by atoms with van der Waals surface area (Å²) in [4.78, 5) is 0.196. The zero-order valence-corrected chi connectivity index (χ0v) is 10.0. The Labute approximate surface area is 89.7 Å². The first-order valence-electron chi connectivity index (χ1n) is 4.33. The molecule has 1 rings (SSSR count). The molecule has 0 bridgehead atoms. The van der Waals surface area contributed by atoms with Crippen LogP contribution in [-0.2, 0) is 9.84 Å². The molecule has 0 atom stereocenters. The summed E-state index contributed by atoms with van der Waals surface area (Å²) in [5, 5.41) is 0. The van der Waals surface area contributed by atoms with Gasteiger partial charge in [0.25, 0.3) is 0 Å². The number of hydrogen-bond acceptors (Lipinski definition) is 4. The number of hydrogen-bond donors (Lipinski definition) is 0. The van der Waals surface area contributed by atoms with Crippen LogP contribution in [0.2, 0.25) is 0 Å². The van der Waals surface area contributed by atoms with Gasteiger partial charge in [-0.15, -0.1) is 0 Å². The summed E-state index contributed by atoms with van der Waals surface area (Å²) in [5.74, 6) is 1.02. The smallest absolute Gasteiger partial charge is 0.175 e. The molecule has 0 fully saturated rings. The number of ether oxygens (including phenoxy) is 2. The van der Waals surface area contributed by atoms with E-state index in [9.17, 15) is 8.42 Å². The molecular weight excluding hydrogens is 216 g/mol. The molecule has 5 heteroatoms. The van der Waals surface area contributed by atoms with Crippen molar-refractivity contribution < 1.29 is 17.9 Å². The second kappa shape index (κ2) is 4.10. The van der Waals surface area contributed by atoms with Crippen LogP contribution in [-0.4, -0.2) is 28.9 Å². The van der Waals surface area contributed by atoms with Crippen molar-refractivity contribution >= 4 is 9.84 Å². The van der Waals surface area contributed by atoms with Crippen LogP contribution >= 0.6 is 0 Å². The molecule has 0 radical (unpaired) electrons. The summed E-state index contributed by atoms with van der Waals surface area (Å²) in [6.07, 6.45) is 1.15. The summed E-state index contributed by atoms with van der Waals surface area (Å²) in [6, 6.07) is 2.99. The zero-order valence-electron chi connectivity index (χ0n) is 9.20. The Hall–Kier alpha value is -1.23. The lowest BCUT2D eigenvalue weighted by Crippen LogP contribution is -2.00. The van der Waals surface area contributed by atoms with E-state index in [1.807, 2.05) is 6.92 Å². The number of methoxy groups -OCH3 is 2. The summed E-state index contributed by atoms with van der Waals surface area (Å²) < 4.78 is 32.9. The van der Waals surface area contributed by atoms with Crippen molar-refractivity contribution in [2.45, 2.75) is 11.8 Å². The fraction of sp³-hybridized carbons (Fsp3) is 0.400. The van der Waals surface area contributed by atoms with Crippen LogP contribution < -0.4 is 9.47 Å². The van der Waals surface area contributed by atoms with Gasteiger partial charge in [-0.05, 0) is 19.1 Å². The maximum Gasteiger partial charge on any atom is 0.175 e. The van der Waals surface area contributed by atoms with E-state index in [0.29, 0.717) is 11.5 Å². The predicted molar refractivity (Wildman–Crippen MR) is 57.4 cm³/mol. The van der Waals surface area contributed by atoms with Gasteiger partial charge in [0.2, 0.25) is 0 Å². The summed E-state index contributed by atoms with van der Waals surface area (Å²) >= 11 is 0. The topological polar surface area (TPSA) is 52.6 Å². The first-order chi connectivity index (χ1) is 6.90. The third kappa shape index (κ3) is 2.41. The molecule has 15 heavy (non-hydrogen) atoms. The average molecular weight is 230 g/mol. The van der Waals surface area contributed by atoms with Gasteiger partial charge < -0.3 is 9.47 Å². The molecular formula is C10H14O4S. The highest BCUT2D eigenvalue weighted by molar-refractivity contribution is 7.90. The Morgan fingerprint density at radius 1 is 1.07 bits per heavy atom. The Kier molecular flexibility index (Phi) is 3.24. The van der Waals surface area contributed by atoms with Gasteiger partial charge in [0.1, 0.15) is 11.5 Å². The van der Waals surface area contributed by atoms with Crippen molar-refractivity contribution in [3.8, 4) is 11.5 Å². The van der Waals surface area contributed by atoms with E-state index >= 15 is 0 Å². The van der Waals surface area contributed by atoms with E-state index in [1.165, 1.54) is 26.4 Å². The number of rotatable bonds is 3. The van der Waals surface area contributed by atoms with E-state index in [0.717, 1.165) is 11.8 Å². The maximum absolute atomic E-state index is 11.4. The molecule has 1 aromatic rings. The van der Waals surface area contributed by atoms with Gasteiger partial charge in [0.15, 0.2) is 9.84 Å². The molecule has 0 aromatic heterocycles. The second-order valence-electron chi connectivity index (χ2n) is 3.22. The molecule has 4 nitrogen and oxygen atoms in total. The molecule has 0 unspecified atom stereocenters. The van der Waals surface area contributed by atoms with Gasteiger partial charge in [-0.1, -0.05) is 0 Å². The predicted octanol–water partition coefficient (Wildman–Crippen LogP) is 1.42. The highest BCUT2D eigenvalue weighted by atomic mass is 32.2. The third-order valence-corrected chi connectivity index (χ3v) is 3.25. The first-order valence-corrected chi connectivity index (χ1v) is 6.22. The highest BCUT2D eigenvalue weighted by Crippen LogP contribution is 2.31. The average Bonchev–Trinajstić information content (AvgIpc) is 2.16. The molecule has 0 amide bonds. The quantitative estimate of drug-likeness (QED) is 0.788. The molecule has 1 aromatic carbocycles. The lowest BCUT2D eigenvalue weighted by Gasteiger charge is -2.11. The monoisotopic (exact) mass is 230 g/mol. The molecule has 0 N–H and O–H groups in total. The summed E-state index contributed by atoms with van der Waals surface area (Å²) in [7, 11) is -0.257. The van der Waals surface area contributed by atoms with Crippen LogP contribution in [0.15, 0.2) is 17.0 Å². The van der Waals surface area contributed by atoms with E-state index in [-0.39, 0.29) is 4.90 Å². The molecule has 0 aliphatic rings. The van der Waals surface area contributed by atoms with Gasteiger partial charge in [0.05, 0.1) is 19.1 Å². The van der Waals surface area contributed by atoms with Crippen LogP contribution in [0.1, 0.15) is 5.56 Å². The molecule has 0 saturated heterocycles. The summed E-state index contributed by atoms with van der Waals surface area (Å²) in [5.41, 5.74) is 0.785. The molecule has 0 aliphatic carbocycles. The lowest BCUT2D eigenvalue weighted by molar-refractivity contribution is 0.386. The van der Waals surface area contributed by atoms with Crippen molar-refractivity contribution in [2.75, 3.05) is 20.5 Å². The molecule has 0 saturated carbocycles. The van der Waals surface area contributed by atoms with Crippen molar-refractivity contribution in [3.05, 3.63) is 17.7 Å². The molecule has 0 aliphatic heterocycles. The standard InChI is InChI=1S/C10H14O4S/c1-7-9(13-2)5-8(15(4,11)12)6-10(7)14-3/h5-6H,1-4H3. The van der Waals surface area contributed by atoms with Crippen molar-refractivity contribution in [1.29, 1.82) is 0 Å². The van der Waals surface area contributed by atoms with Crippen molar-refractivity contribution in [1.82, 2.24) is 0 Å². The third-order valence-electron chi connectivity index (χ3n) is 2.15. The van der Waals surface area contributed by atoms with E-state index in [4.69, 9.17) is 9.47 Å². The normalized spacial score (nSPS) is 11.2. The number of benzene rings is 1. The lowest BCUT2D eigenvalue weighted by atomic mass is 10.2. The van der Waals surface area contributed by atoms with Crippen LogP contribution in [0.25, 0.3) is 0 Å². The van der Waals surface area contributed by atoms with Gasteiger partial charge >= 0.3 is 0 Å². The highest BCUT2D eigenvalue weighted by Gasteiger charge is 2.14. The molecule has 0 heterocycles. The Morgan fingerprint density at radius 2 is 1.47 bits per heavy atom. The zero-order chi connectivity index (χ0) is 11.6. The summed E-state index contributed by atoms with van der Waals surface area (Å²) in [6.45, 7) is 1.81. The Balaban J connectivity index is 3.47. The minimum atomic E-state index is -3.24. The van der Waals surface area contributed by atoms with E-state index in [1.54, 1.807) is 0 Å². The van der Waals surface area contributed by atoms with Gasteiger partial charge in [-0.2, -0.15) is 0 Å². The fourth-order valence-electron chi connectivity index (χ4n) is 1.28.